The second-order valence-electron chi connectivity index (χ2n) is 3.22. The van der Waals surface area contributed by atoms with Gasteiger partial charge in [-0.25, -0.2) is 4.98 Å². The van der Waals surface area contributed by atoms with Crippen molar-refractivity contribution >= 4 is 5.95 Å². The number of aromatic nitrogens is 2. The number of anilines is 1. The minimum atomic E-state index is -0.459. The van der Waals surface area contributed by atoms with Crippen molar-refractivity contribution in [3.63, 3.8) is 0 Å². The molecule has 0 aliphatic carbocycles. The number of rotatable bonds is 2. The Morgan fingerprint density at radius 2 is 2.40 bits per heavy atom. The van der Waals surface area contributed by atoms with Crippen LogP contribution in [0.3, 0.4) is 0 Å². The molecular formula is C9H11N3O3. The van der Waals surface area contributed by atoms with Crippen molar-refractivity contribution in [3.8, 4) is 0 Å². The molecule has 2 rings (SSSR count). The number of nitrogen functional groups attached to an aromatic ring is 1. The predicted octanol–water partition coefficient (Wildman–Crippen LogP) is -0.660. The molecule has 0 saturated carbocycles. The standard InChI is InChI=1S/C9H11N3O3/c10-9-11-3-6(8(14)12-9)7-2-1-5(4-13)15-7/h1-3,5,7,13H,4H2,(H3,10,11,12,14). The third-order valence-corrected chi connectivity index (χ3v) is 2.15. The van der Waals surface area contributed by atoms with E-state index in [0.717, 1.165) is 0 Å². The summed E-state index contributed by atoms with van der Waals surface area (Å²) in [6.45, 7) is -0.104. The molecule has 2 heterocycles. The topological polar surface area (TPSA) is 101 Å². The Morgan fingerprint density at radius 3 is 3.00 bits per heavy atom. The zero-order valence-corrected chi connectivity index (χ0v) is 7.88. The van der Waals surface area contributed by atoms with E-state index in [-0.39, 0.29) is 24.2 Å². The molecule has 0 fully saturated rings. The van der Waals surface area contributed by atoms with Gasteiger partial charge in [0.05, 0.1) is 18.3 Å². The molecular weight excluding hydrogens is 198 g/mol. The molecule has 15 heavy (non-hydrogen) atoms. The first-order chi connectivity index (χ1) is 7.20. The Bertz CT molecular complexity index is 440. The van der Waals surface area contributed by atoms with Crippen molar-refractivity contribution in [2.75, 3.05) is 12.3 Å². The van der Waals surface area contributed by atoms with Crippen molar-refractivity contribution in [1.29, 1.82) is 0 Å². The van der Waals surface area contributed by atoms with E-state index in [2.05, 4.69) is 9.97 Å². The van der Waals surface area contributed by atoms with Crippen LogP contribution in [0.2, 0.25) is 0 Å². The lowest BCUT2D eigenvalue weighted by atomic mass is 10.2. The molecule has 1 aliphatic rings. The lowest BCUT2D eigenvalue weighted by Crippen LogP contribution is -2.20. The van der Waals surface area contributed by atoms with Crippen LogP contribution in [0.1, 0.15) is 11.7 Å². The number of H-pyrrole nitrogens is 1. The van der Waals surface area contributed by atoms with Gasteiger partial charge in [0.25, 0.3) is 5.56 Å². The van der Waals surface area contributed by atoms with Crippen molar-refractivity contribution < 1.29 is 9.84 Å². The normalized spacial score (nSPS) is 24.6. The molecule has 1 aromatic heterocycles. The molecule has 1 aromatic rings. The SMILES string of the molecule is Nc1ncc(C2C=CC(CO)O2)c(=O)[nH]1. The zero-order valence-electron chi connectivity index (χ0n) is 7.88. The Hall–Kier alpha value is -1.66. The molecule has 2 unspecified atom stereocenters. The number of aromatic amines is 1. The third kappa shape index (κ3) is 1.90. The first-order valence-electron chi connectivity index (χ1n) is 4.50. The smallest absolute Gasteiger partial charge is 0.258 e. The minimum absolute atomic E-state index is 0.0736. The van der Waals surface area contributed by atoms with E-state index in [9.17, 15) is 4.79 Å². The van der Waals surface area contributed by atoms with E-state index in [1.807, 2.05) is 0 Å². The van der Waals surface area contributed by atoms with Crippen LogP contribution >= 0.6 is 0 Å². The first kappa shape index (κ1) is 9.88. The Morgan fingerprint density at radius 1 is 1.60 bits per heavy atom. The van der Waals surface area contributed by atoms with Gasteiger partial charge < -0.3 is 15.6 Å². The van der Waals surface area contributed by atoms with Crippen molar-refractivity contribution in [2.24, 2.45) is 0 Å². The average molecular weight is 209 g/mol. The van der Waals surface area contributed by atoms with Gasteiger partial charge in [0.1, 0.15) is 6.10 Å². The number of hydrogen-bond donors (Lipinski definition) is 3. The summed E-state index contributed by atoms with van der Waals surface area (Å²) < 4.78 is 5.36. The molecule has 0 bridgehead atoms. The number of nitrogens with zero attached hydrogens (tertiary/aromatic N) is 1. The van der Waals surface area contributed by atoms with Gasteiger partial charge in [0.2, 0.25) is 0 Å². The van der Waals surface area contributed by atoms with E-state index in [1.165, 1.54) is 6.20 Å². The molecule has 6 heteroatoms. The summed E-state index contributed by atoms with van der Waals surface area (Å²) in [5.41, 5.74) is 5.38. The molecule has 0 saturated heterocycles. The van der Waals surface area contributed by atoms with Crippen LogP contribution in [-0.4, -0.2) is 27.8 Å². The zero-order chi connectivity index (χ0) is 10.8. The molecule has 0 radical (unpaired) electrons. The molecule has 0 aromatic carbocycles. The maximum Gasteiger partial charge on any atom is 0.258 e. The third-order valence-electron chi connectivity index (χ3n) is 2.15. The summed E-state index contributed by atoms with van der Waals surface area (Å²) in [6.07, 6.45) is 3.98. The van der Waals surface area contributed by atoms with Gasteiger partial charge in [-0.05, 0) is 0 Å². The summed E-state index contributed by atoms with van der Waals surface area (Å²) in [6, 6.07) is 0. The van der Waals surface area contributed by atoms with E-state index in [1.54, 1.807) is 12.2 Å². The fourth-order valence-corrected chi connectivity index (χ4v) is 1.41. The fraction of sp³-hybridized carbons (Fsp3) is 0.333. The molecule has 0 amide bonds. The average Bonchev–Trinajstić information content (AvgIpc) is 2.66. The Kier molecular flexibility index (Phi) is 2.53. The molecule has 80 valence electrons. The lowest BCUT2D eigenvalue weighted by molar-refractivity contribution is 0.0245. The summed E-state index contributed by atoms with van der Waals surface area (Å²) in [5, 5.41) is 8.85. The summed E-state index contributed by atoms with van der Waals surface area (Å²) in [4.78, 5) is 17.6. The van der Waals surface area contributed by atoms with Gasteiger partial charge in [0.15, 0.2) is 5.95 Å². The fourth-order valence-electron chi connectivity index (χ4n) is 1.41. The van der Waals surface area contributed by atoms with Crippen LogP contribution in [0.25, 0.3) is 0 Å². The summed E-state index contributed by atoms with van der Waals surface area (Å²) >= 11 is 0. The lowest BCUT2D eigenvalue weighted by Gasteiger charge is -2.11. The van der Waals surface area contributed by atoms with E-state index in [0.29, 0.717) is 5.56 Å². The first-order valence-corrected chi connectivity index (χ1v) is 4.50. The van der Waals surface area contributed by atoms with Gasteiger partial charge in [-0.2, -0.15) is 0 Å². The highest BCUT2D eigenvalue weighted by atomic mass is 16.5. The predicted molar refractivity (Wildman–Crippen MR) is 53.1 cm³/mol. The van der Waals surface area contributed by atoms with Crippen molar-refractivity contribution in [1.82, 2.24) is 9.97 Å². The monoisotopic (exact) mass is 209 g/mol. The Labute approximate surface area is 85.4 Å². The summed E-state index contributed by atoms with van der Waals surface area (Å²) in [5.74, 6) is 0.0736. The van der Waals surface area contributed by atoms with Crippen molar-refractivity contribution in [3.05, 3.63) is 34.3 Å². The molecule has 1 aliphatic heterocycles. The minimum Gasteiger partial charge on any atom is -0.393 e. The second kappa shape index (κ2) is 3.84. The van der Waals surface area contributed by atoms with Crippen molar-refractivity contribution in [2.45, 2.75) is 12.2 Å². The van der Waals surface area contributed by atoms with E-state index < -0.39 is 6.10 Å². The highest BCUT2D eigenvalue weighted by Crippen LogP contribution is 2.23. The quantitative estimate of drug-likeness (QED) is 0.561. The number of nitrogens with one attached hydrogen (secondary N) is 1. The van der Waals surface area contributed by atoms with Crippen LogP contribution in [0.15, 0.2) is 23.1 Å². The van der Waals surface area contributed by atoms with E-state index in [4.69, 9.17) is 15.6 Å². The van der Waals surface area contributed by atoms with E-state index >= 15 is 0 Å². The number of ether oxygens (including phenoxy) is 1. The van der Waals surface area contributed by atoms with Crippen LogP contribution < -0.4 is 11.3 Å². The van der Waals surface area contributed by atoms with Gasteiger partial charge in [0, 0.05) is 6.20 Å². The van der Waals surface area contributed by atoms with Gasteiger partial charge in [-0.3, -0.25) is 9.78 Å². The van der Waals surface area contributed by atoms with Gasteiger partial charge in [-0.15, -0.1) is 0 Å². The van der Waals surface area contributed by atoms with Crippen LogP contribution in [0.4, 0.5) is 5.95 Å². The van der Waals surface area contributed by atoms with Crippen LogP contribution in [0, 0.1) is 0 Å². The maximum atomic E-state index is 11.5. The number of nitrogens with two attached hydrogens (primary N) is 1. The van der Waals surface area contributed by atoms with Crippen LogP contribution in [0.5, 0.6) is 0 Å². The van der Waals surface area contributed by atoms with Crippen LogP contribution in [-0.2, 0) is 4.74 Å². The summed E-state index contributed by atoms with van der Waals surface area (Å²) in [7, 11) is 0. The Balaban J connectivity index is 2.25. The molecule has 6 nitrogen and oxygen atoms in total. The highest BCUT2D eigenvalue weighted by Gasteiger charge is 2.22. The van der Waals surface area contributed by atoms with Gasteiger partial charge in [-0.1, -0.05) is 12.2 Å². The molecule has 4 N–H and O–H groups in total. The number of aliphatic hydroxyl groups is 1. The largest absolute Gasteiger partial charge is 0.393 e. The maximum absolute atomic E-state index is 11.5. The highest BCUT2D eigenvalue weighted by molar-refractivity contribution is 5.23. The molecule has 2 atom stereocenters. The second-order valence-corrected chi connectivity index (χ2v) is 3.22. The van der Waals surface area contributed by atoms with Gasteiger partial charge >= 0.3 is 0 Å². The molecule has 0 spiro atoms. The number of aliphatic hydroxyl groups excluding tert-OH is 1. The number of hydrogen-bond acceptors (Lipinski definition) is 5.